The molecule has 2 unspecified atom stereocenters. The molecule has 3 aliphatic rings. The number of nitrogens with zero attached hydrogens (tertiary/aromatic N) is 4. The van der Waals surface area contributed by atoms with E-state index in [1.807, 2.05) is 42.3 Å². The zero-order chi connectivity index (χ0) is 21.7. The van der Waals surface area contributed by atoms with Gasteiger partial charge in [0.15, 0.2) is 12.2 Å². The number of amides is 3. The van der Waals surface area contributed by atoms with E-state index in [-0.39, 0.29) is 5.82 Å². The Kier molecular flexibility index (Phi) is 4.39. The highest BCUT2D eigenvalue weighted by molar-refractivity contribution is 6.16. The van der Waals surface area contributed by atoms with Gasteiger partial charge < -0.3 is 9.64 Å². The maximum Gasteiger partial charge on any atom is 0.325 e. The lowest BCUT2D eigenvalue weighted by Crippen LogP contribution is -2.62. The zero-order valence-electron chi connectivity index (χ0n) is 16.9. The van der Waals surface area contributed by atoms with Crippen molar-refractivity contribution in [1.29, 1.82) is 0 Å². The summed E-state index contributed by atoms with van der Waals surface area (Å²) >= 11 is 0. The fourth-order valence-electron chi connectivity index (χ4n) is 4.02. The number of fused-ring (bicyclic) bond motifs is 3. The molecule has 1 N–H and O–H groups in total. The van der Waals surface area contributed by atoms with Crippen LogP contribution in [0.3, 0.4) is 0 Å². The maximum atomic E-state index is 13.5. The SMILES string of the molecule is CCOc1ccc(N2C(c3ccc(F)cc3)=CN3C2=NC2C3C(=O)NC(=O)N2C)cc1. The van der Waals surface area contributed by atoms with E-state index in [1.165, 1.54) is 17.0 Å². The number of carbonyl (C=O) groups excluding carboxylic acids is 2. The highest BCUT2D eigenvalue weighted by Crippen LogP contribution is 2.39. The molecule has 0 aromatic heterocycles. The van der Waals surface area contributed by atoms with Crippen LogP contribution in [0.25, 0.3) is 5.70 Å². The molecule has 8 nitrogen and oxygen atoms in total. The third-order valence-corrected chi connectivity index (χ3v) is 5.52. The highest BCUT2D eigenvalue weighted by Gasteiger charge is 2.52. The van der Waals surface area contributed by atoms with Crippen LogP contribution in [0.2, 0.25) is 0 Å². The van der Waals surface area contributed by atoms with Crippen molar-refractivity contribution in [2.24, 2.45) is 4.99 Å². The number of nitrogens with one attached hydrogen (secondary N) is 1. The van der Waals surface area contributed by atoms with Crippen LogP contribution in [-0.2, 0) is 4.79 Å². The number of likely N-dealkylation sites (N-methyl/N-ethyl adjacent to an activating group) is 1. The summed E-state index contributed by atoms with van der Waals surface area (Å²) in [5.41, 5.74) is 2.31. The van der Waals surface area contributed by atoms with Crippen LogP contribution in [-0.4, -0.2) is 53.6 Å². The molecule has 3 heterocycles. The Balaban J connectivity index is 1.60. The number of urea groups is 1. The van der Waals surface area contributed by atoms with Gasteiger partial charge in [0.2, 0.25) is 5.96 Å². The van der Waals surface area contributed by atoms with E-state index in [0.29, 0.717) is 12.6 Å². The molecule has 3 aliphatic heterocycles. The first-order valence-corrected chi connectivity index (χ1v) is 9.92. The fourth-order valence-corrected chi connectivity index (χ4v) is 4.02. The van der Waals surface area contributed by atoms with Gasteiger partial charge in [-0.1, -0.05) is 0 Å². The van der Waals surface area contributed by atoms with Crippen LogP contribution in [0, 0.1) is 5.82 Å². The van der Waals surface area contributed by atoms with Gasteiger partial charge in [-0.05, 0) is 55.5 Å². The lowest BCUT2D eigenvalue weighted by molar-refractivity contribution is -0.126. The summed E-state index contributed by atoms with van der Waals surface area (Å²) in [6.07, 6.45) is 1.18. The average Bonchev–Trinajstić information content (AvgIpc) is 3.30. The molecule has 5 rings (SSSR count). The number of ether oxygens (including phenoxy) is 1. The number of halogens is 1. The molecular weight excluding hydrogens is 401 g/mol. The van der Waals surface area contributed by atoms with Crippen molar-refractivity contribution in [2.45, 2.75) is 19.1 Å². The first-order valence-electron chi connectivity index (χ1n) is 9.92. The molecule has 9 heteroatoms. The van der Waals surface area contributed by atoms with Crippen LogP contribution < -0.4 is 15.0 Å². The Morgan fingerprint density at radius 1 is 1.10 bits per heavy atom. The molecular formula is C22H20FN5O3. The number of carbonyl (C=O) groups is 2. The largest absolute Gasteiger partial charge is 0.494 e. The molecule has 1 saturated heterocycles. The van der Waals surface area contributed by atoms with E-state index in [9.17, 15) is 14.0 Å². The van der Waals surface area contributed by atoms with Gasteiger partial charge in [0.25, 0.3) is 5.91 Å². The second-order valence-electron chi connectivity index (χ2n) is 7.38. The third kappa shape index (κ3) is 3.00. The minimum atomic E-state index is -0.680. The second-order valence-corrected chi connectivity index (χ2v) is 7.38. The quantitative estimate of drug-likeness (QED) is 0.821. The number of guanidine groups is 1. The Labute approximate surface area is 178 Å². The van der Waals surface area contributed by atoms with Gasteiger partial charge >= 0.3 is 6.03 Å². The van der Waals surface area contributed by atoms with Crippen LogP contribution in [0.15, 0.2) is 59.7 Å². The van der Waals surface area contributed by atoms with Gasteiger partial charge in [0.1, 0.15) is 11.6 Å². The number of rotatable bonds is 4. The van der Waals surface area contributed by atoms with Crippen LogP contribution in [0.5, 0.6) is 5.75 Å². The minimum absolute atomic E-state index is 0.334. The number of imide groups is 1. The summed E-state index contributed by atoms with van der Waals surface area (Å²) in [5, 5.41) is 2.37. The molecule has 0 saturated carbocycles. The first kappa shape index (κ1) is 19.1. The van der Waals surface area contributed by atoms with Crippen molar-refractivity contribution < 1.29 is 18.7 Å². The van der Waals surface area contributed by atoms with E-state index < -0.39 is 24.1 Å². The number of hydrogen-bond donors (Lipinski definition) is 1. The number of benzene rings is 2. The molecule has 31 heavy (non-hydrogen) atoms. The van der Waals surface area contributed by atoms with E-state index in [0.717, 1.165) is 22.7 Å². The molecule has 0 aliphatic carbocycles. The second kappa shape index (κ2) is 7.12. The number of anilines is 1. The fraction of sp³-hybridized carbons (Fsp3) is 0.227. The summed E-state index contributed by atoms with van der Waals surface area (Å²) in [6, 6.07) is 12.5. The average molecular weight is 421 g/mol. The van der Waals surface area contributed by atoms with Gasteiger partial charge in [-0.2, -0.15) is 0 Å². The van der Waals surface area contributed by atoms with Gasteiger partial charge in [0, 0.05) is 24.5 Å². The molecule has 1 fully saturated rings. The Hall–Kier alpha value is -3.88. The molecule has 158 valence electrons. The summed E-state index contributed by atoms with van der Waals surface area (Å²) in [6.45, 7) is 2.47. The molecule has 3 amide bonds. The van der Waals surface area contributed by atoms with Crippen LogP contribution in [0.1, 0.15) is 12.5 Å². The molecule has 0 bridgehead atoms. The van der Waals surface area contributed by atoms with Gasteiger partial charge in [0.05, 0.1) is 12.3 Å². The predicted molar refractivity (Wildman–Crippen MR) is 113 cm³/mol. The molecule has 2 atom stereocenters. The van der Waals surface area contributed by atoms with E-state index in [1.54, 1.807) is 24.1 Å². The monoisotopic (exact) mass is 421 g/mol. The molecule has 2 aromatic rings. The van der Waals surface area contributed by atoms with Crippen LogP contribution >= 0.6 is 0 Å². The third-order valence-electron chi connectivity index (χ3n) is 5.52. The minimum Gasteiger partial charge on any atom is -0.494 e. The van der Waals surface area contributed by atoms with Crippen LogP contribution in [0.4, 0.5) is 14.9 Å². The van der Waals surface area contributed by atoms with Crippen molar-refractivity contribution in [2.75, 3.05) is 18.6 Å². The number of aliphatic imine (C=N–C) groups is 1. The molecule has 2 aromatic carbocycles. The lowest BCUT2D eigenvalue weighted by atomic mass is 10.1. The first-order chi connectivity index (χ1) is 15.0. The zero-order valence-corrected chi connectivity index (χ0v) is 16.9. The molecule has 0 radical (unpaired) electrons. The number of hydrogen-bond acceptors (Lipinski definition) is 6. The van der Waals surface area contributed by atoms with Gasteiger partial charge in [-0.15, -0.1) is 0 Å². The predicted octanol–water partition coefficient (Wildman–Crippen LogP) is 2.59. The van der Waals surface area contributed by atoms with Gasteiger partial charge in [-0.3, -0.25) is 19.9 Å². The summed E-state index contributed by atoms with van der Waals surface area (Å²) < 4.78 is 19.1. The Morgan fingerprint density at radius 2 is 1.81 bits per heavy atom. The van der Waals surface area contributed by atoms with E-state index in [4.69, 9.17) is 9.73 Å². The Morgan fingerprint density at radius 3 is 2.48 bits per heavy atom. The maximum absolute atomic E-state index is 13.5. The lowest BCUT2D eigenvalue weighted by Gasteiger charge is -2.34. The van der Waals surface area contributed by atoms with Crippen molar-refractivity contribution in [3.63, 3.8) is 0 Å². The standard InChI is InChI=1S/C22H20FN5O3/c1-3-31-16-10-8-15(9-11-16)28-17(13-4-6-14(23)7-5-13)12-27-18-19(24-21(27)28)26(2)22(30)25-20(18)29/h4-12,18-19H,3H2,1-2H3,(H,25,29,30). The van der Waals surface area contributed by atoms with E-state index >= 15 is 0 Å². The van der Waals surface area contributed by atoms with Crippen molar-refractivity contribution in [1.82, 2.24) is 15.1 Å². The normalized spacial score (nSPS) is 22.1. The summed E-state index contributed by atoms with van der Waals surface area (Å²) in [4.78, 5) is 34.5. The Bertz CT molecular complexity index is 1110. The summed E-state index contributed by atoms with van der Waals surface area (Å²) in [7, 11) is 1.61. The van der Waals surface area contributed by atoms with Gasteiger partial charge in [-0.25, -0.2) is 14.2 Å². The van der Waals surface area contributed by atoms with Crippen molar-refractivity contribution in [3.05, 3.63) is 66.1 Å². The van der Waals surface area contributed by atoms with E-state index in [2.05, 4.69) is 5.32 Å². The molecule has 0 spiro atoms. The van der Waals surface area contributed by atoms with Crippen molar-refractivity contribution >= 4 is 29.3 Å². The summed E-state index contributed by atoms with van der Waals surface area (Å²) in [5.74, 6) is 0.520. The van der Waals surface area contributed by atoms with Crippen molar-refractivity contribution in [3.8, 4) is 5.75 Å². The highest BCUT2D eigenvalue weighted by atomic mass is 19.1. The smallest absolute Gasteiger partial charge is 0.325 e. The topological polar surface area (TPSA) is 77.5 Å².